The van der Waals surface area contributed by atoms with E-state index in [1.807, 2.05) is 23.1 Å². The Hall–Kier alpha value is 0.990. The van der Waals surface area contributed by atoms with E-state index >= 15 is 0 Å². The van der Waals surface area contributed by atoms with E-state index in [1.54, 1.807) is 0 Å². The Labute approximate surface area is 113 Å². The molecule has 4 heteroatoms. The number of halogens is 2. The highest BCUT2D eigenvalue weighted by Gasteiger charge is 2.08. The van der Waals surface area contributed by atoms with Crippen molar-refractivity contribution in [3.63, 3.8) is 0 Å². The number of fused-ring (bicyclic) bond motifs is 1. The van der Waals surface area contributed by atoms with Crippen LogP contribution in [0.5, 0.6) is 0 Å². The molecule has 1 aromatic carbocycles. The molecule has 0 spiro atoms. The maximum absolute atomic E-state index is 2.43. The van der Waals surface area contributed by atoms with Gasteiger partial charge in [-0.3, -0.25) is 0 Å². The molecule has 0 nitrogen and oxygen atoms in total. The predicted molar refractivity (Wildman–Crippen MR) is 79.0 cm³/mol. The topological polar surface area (TPSA) is 0 Å². The molecule has 0 fully saturated rings. The minimum Gasteiger partial charge on any atom is -0.128 e. The van der Waals surface area contributed by atoms with Crippen molar-refractivity contribution in [2.75, 3.05) is 6.26 Å². The molecule has 0 aliphatic carbocycles. The first-order valence-electron chi connectivity index (χ1n) is 3.64. The fraction of sp³-hybridized carbons (Fsp3) is 0.111. The van der Waals surface area contributed by atoms with Crippen LogP contribution in [0.2, 0.25) is 0 Å². The molecular weight excluding hydrogens is 426 g/mol. The van der Waals surface area contributed by atoms with Crippen LogP contribution in [-0.4, -0.2) is 6.26 Å². The van der Waals surface area contributed by atoms with Crippen LogP contribution in [0.25, 0.3) is 10.1 Å². The second kappa shape index (κ2) is 4.24. The fourth-order valence-corrected chi connectivity index (χ4v) is 5.25. The molecular formula is C9H6I2S2. The van der Waals surface area contributed by atoms with Crippen LogP contribution in [0.4, 0.5) is 0 Å². The highest BCUT2D eigenvalue weighted by Crippen LogP contribution is 2.38. The van der Waals surface area contributed by atoms with Crippen LogP contribution in [0.1, 0.15) is 0 Å². The molecule has 0 N–H and O–H groups in total. The van der Waals surface area contributed by atoms with Gasteiger partial charge in [-0.15, -0.1) is 23.1 Å². The maximum atomic E-state index is 2.43. The number of hydrogen-bond acceptors (Lipinski definition) is 2. The highest BCUT2D eigenvalue weighted by atomic mass is 127. The molecule has 0 saturated heterocycles. The van der Waals surface area contributed by atoms with E-state index in [0.29, 0.717) is 0 Å². The summed E-state index contributed by atoms with van der Waals surface area (Å²) >= 11 is 8.52. The van der Waals surface area contributed by atoms with Gasteiger partial charge in [0.2, 0.25) is 0 Å². The molecule has 0 aliphatic rings. The quantitative estimate of drug-likeness (QED) is 0.460. The van der Waals surface area contributed by atoms with Crippen LogP contribution in [-0.2, 0) is 0 Å². The van der Waals surface area contributed by atoms with Crippen molar-refractivity contribution in [2.24, 2.45) is 0 Å². The van der Waals surface area contributed by atoms with Crippen LogP contribution < -0.4 is 0 Å². The van der Waals surface area contributed by atoms with E-state index in [2.05, 4.69) is 69.6 Å². The molecule has 1 aromatic heterocycles. The van der Waals surface area contributed by atoms with Crippen molar-refractivity contribution in [2.45, 2.75) is 4.21 Å². The number of thioether (sulfide) groups is 1. The van der Waals surface area contributed by atoms with E-state index in [1.165, 1.54) is 21.4 Å². The standard InChI is InChI=1S/C9H6I2S2/c1-12-9-8(11)6-3-2-5(10)4-7(6)13-9/h2-4H,1H3. The third-order valence-corrected chi connectivity index (χ3v) is 6.54. The van der Waals surface area contributed by atoms with Gasteiger partial charge < -0.3 is 0 Å². The van der Waals surface area contributed by atoms with E-state index < -0.39 is 0 Å². The third kappa shape index (κ3) is 2.00. The zero-order chi connectivity index (χ0) is 9.42. The average molecular weight is 432 g/mol. The number of thiophene rings is 1. The highest BCUT2D eigenvalue weighted by molar-refractivity contribution is 14.1. The number of rotatable bonds is 1. The first-order valence-corrected chi connectivity index (χ1v) is 7.84. The first kappa shape index (κ1) is 10.5. The largest absolute Gasteiger partial charge is 0.128 e. The summed E-state index contributed by atoms with van der Waals surface area (Å²) in [6.45, 7) is 0. The Morgan fingerprint density at radius 3 is 2.77 bits per heavy atom. The molecule has 1 heterocycles. The molecule has 0 unspecified atom stereocenters. The summed E-state index contributed by atoms with van der Waals surface area (Å²) in [4.78, 5) is 0. The summed E-state index contributed by atoms with van der Waals surface area (Å²) in [7, 11) is 0. The van der Waals surface area contributed by atoms with E-state index in [-0.39, 0.29) is 0 Å². The zero-order valence-corrected chi connectivity index (χ0v) is 12.8. The first-order chi connectivity index (χ1) is 6.22. The van der Waals surface area contributed by atoms with Gasteiger partial charge in [-0.05, 0) is 63.6 Å². The van der Waals surface area contributed by atoms with Crippen LogP contribution >= 0.6 is 68.3 Å². The van der Waals surface area contributed by atoms with Gasteiger partial charge in [-0.2, -0.15) is 0 Å². The van der Waals surface area contributed by atoms with Crippen LogP contribution in [0.3, 0.4) is 0 Å². The maximum Gasteiger partial charge on any atom is 0.0742 e. The second-order valence-electron chi connectivity index (χ2n) is 2.55. The van der Waals surface area contributed by atoms with Gasteiger partial charge >= 0.3 is 0 Å². The van der Waals surface area contributed by atoms with Gasteiger partial charge in [0.05, 0.1) is 4.21 Å². The molecule has 0 aliphatic heterocycles. The second-order valence-corrected chi connectivity index (χ2v) is 7.00. The normalized spacial score (nSPS) is 11.0. The Bertz CT molecular complexity index is 448. The summed E-state index contributed by atoms with van der Waals surface area (Å²) in [5.74, 6) is 0. The molecule has 0 atom stereocenters. The summed E-state index contributed by atoms with van der Waals surface area (Å²) in [6, 6.07) is 6.64. The molecule has 2 aromatic rings. The third-order valence-electron chi connectivity index (χ3n) is 1.75. The summed E-state index contributed by atoms with van der Waals surface area (Å²) in [5, 5.41) is 1.40. The molecule has 2 rings (SSSR count). The molecule has 68 valence electrons. The zero-order valence-electron chi connectivity index (χ0n) is 6.80. The average Bonchev–Trinajstić information content (AvgIpc) is 2.42. The smallest absolute Gasteiger partial charge is 0.0742 e. The SMILES string of the molecule is CSc1sc2cc(I)ccc2c1I. The number of benzene rings is 1. The monoisotopic (exact) mass is 432 g/mol. The van der Waals surface area contributed by atoms with Crippen molar-refractivity contribution in [1.82, 2.24) is 0 Å². The summed E-state index contributed by atoms with van der Waals surface area (Å²) < 4.78 is 5.55. The van der Waals surface area contributed by atoms with Crippen molar-refractivity contribution >= 4 is 78.4 Å². The van der Waals surface area contributed by atoms with Crippen molar-refractivity contribution in [3.8, 4) is 0 Å². The van der Waals surface area contributed by atoms with Crippen molar-refractivity contribution < 1.29 is 0 Å². The molecule has 0 saturated carbocycles. The van der Waals surface area contributed by atoms with Gasteiger partial charge in [0.25, 0.3) is 0 Å². The molecule has 13 heavy (non-hydrogen) atoms. The fourth-order valence-electron chi connectivity index (χ4n) is 1.15. The summed E-state index contributed by atoms with van der Waals surface area (Å²) in [5.41, 5.74) is 0. The lowest BCUT2D eigenvalue weighted by atomic mass is 10.3. The van der Waals surface area contributed by atoms with E-state index in [9.17, 15) is 0 Å². The van der Waals surface area contributed by atoms with Gasteiger partial charge in [0.1, 0.15) is 0 Å². The van der Waals surface area contributed by atoms with Gasteiger partial charge in [-0.1, -0.05) is 6.07 Å². The minimum absolute atomic E-state index is 1.32. The molecule has 0 bridgehead atoms. The lowest BCUT2D eigenvalue weighted by molar-refractivity contribution is 1.66. The Morgan fingerprint density at radius 1 is 1.31 bits per heavy atom. The van der Waals surface area contributed by atoms with Crippen LogP contribution in [0, 0.1) is 7.14 Å². The van der Waals surface area contributed by atoms with Gasteiger partial charge in [0, 0.05) is 17.2 Å². The lowest BCUT2D eigenvalue weighted by Crippen LogP contribution is -1.70. The lowest BCUT2D eigenvalue weighted by Gasteiger charge is -1.91. The minimum atomic E-state index is 1.32. The molecule has 0 amide bonds. The van der Waals surface area contributed by atoms with Crippen molar-refractivity contribution in [3.05, 3.63) is 25.3 Å². The van der Waals surface area contributed by atoms with Gasteiger partial charge in [-0.25, -0.2) is 0 Å². The number of hydrogen-bond donors (Lipinski definition) is 0. The Kier molecular flexibility index (Phi) is 3.43. The Morgan fingerprint density at radius 2 is 2.08 bits per heavy atom. The Balaban J connectivity index is 2.76. The van der Waals surface area contributed by atoms with Crippen molar-refractivity contribution in [1.29, 1.82) is 0 Å². The van der Waals surface area contributed by atoms with Gasteiger partial charge in [0.15, 0.2) is 0 Å². The molecule has 0 radical (unpaired) electrons. The van der Waals surface area contributed by atoms with E-state index in [4.69, 9.17) is 0 Å². The predicted octanol–water partition coefficient (Wildman–Crippen LogP) is 4.83. The van der Waals surface area contributed by atoms with E-state index in [0.717, 1.165) is 0 Å². The van der Waals surface area contributed by atoms with Crippen LogP contribution in [0.15, 0.2) is 22.4 Å². The summed E-state index contributed by atoms with van der Waals surface area (Å²) in [6.07, 6.45) is 2.14.